The van der Waals surface area contributed by atoms with Crippen molar-refractivity contribution in [2.75, 3.05) is 13.2 Å². The molecule has 0 saturated carbocycles. The molecule has 1 rings (SSSR count). The fourth-order valence-corrected chi connectivity index (χ4v) is 3.55. The number of unbranched alkanes of at least 4 members (excludes halogenated alkanes) is 2. The third kappa shape index (κ3) is 10.3. The number of nitrogens with one attached hydrogen (secondary N) is 2. The molecule has 0 radical (unpaired) electrons. The predicted molar refractivity (Wildman–Crippen MR) is 117 cm³/mol. The fourth-order valence-electron chi connectivity index (χ4n) is 3.55. The van der Waals surface area contributed by atoms with Crippen molar-refractivity contribution in [3.8, 4) is 0 Å². The Hall–Kier alpha value is -1.72. The number of ether oxygens (including phenoxy) is 3. The van der Waals surface area contributed by atoms with Gasteiger partial charge in [0.2, 0.25) is 11.8 Å². The van der Waals surface area contributed by atoms with Crippen LogP contribution in [0, 0.1) is 0 Å². The first-order valence-electron chi connectivity index (χ1n) is 11.3. The maximum Gasteiger partial charge on any atom is 0.220 e. The second-order valence-corrected chi connectivity index (χ2v) is 8.23. The van der Waals surface area contributed by atoms with Gasteiger partial charge < -0.3 is 40.2 Å². The third-order valence-corrected chi connectivity index (χ3v) is 5.12. The topological polar surface area (TPSA) is 147 Å². The zero-order valence-corrected chi connectivity index (χ0v) is 19.5. The molecule has 0 aliphatic carbocycles. The lowest BCUT2D eigenvalue weighted by Gasteiger charge is -2.42. The van der Waals surface area contributed by atoms with Crippen LogP contribution in [0.25, 0.3) is 0 Å². The van der Waals surface area contributed by atoms with Crippen LogP contribution < -0.4 is 10.6 Å². The van der Waals surface area contributed by atoms with E-state index >= 15 is 0 Å². The first-order chi connectivity index (χ1) is 15.2. The van der Waals surface area contributed by atoms with Crippen LogP contribution in [0.2, 0.25) is 0 Å². The number of rotatable bonds is 14. The molecule has 1 aliphatic rings. The summed E-state index contributed by atoms with van der Waals surface area (Å²) < 4.78 is 16.6. The second-order valence-electron chi connectivity index (χ2n) is 8.23. The number of amides is 2. The molecular weight excluding hydrogens is 420 g/mol. The summed E-state index contributed by atoms with van der Waals surface area (Å²) in [4.78, 5) is 23.5. The molecule has 10 nitrogen and oxygen atoms in total. The Kier molecular flexibility index (Phi) is 13.4. The van der Waals surface area contributed by atoms with Gasteiger partial charge >= 0.3 is 0 Å². The van der Waals surface area contributed by atoms with Crippen molar-refractivity contribution >= 4 is 11.8 Å². The van der Waals surface area contributed by atoms with Crippen LogP contribution in [0.4, 0.5) is 0 Å². The molecule has 2 amide bonds. The van der Waals surface area contributed by atoms with Gasteiger partial charge in [0.25, 0.3) is 0 Å². The number of aliphatic hydroxyl groups excluding tert-OH is 3. The SMILES string of the molecule is CC=COC(C)CC(C)NC(=O)CCCCCOC1OC(CO)C(O)C(O)C1NC(C)=O. The standard InChI is InChI=1S/C22H40N2O8/c1-5-10-30-15(3)12-14(2)23-18(27)9-7-6-8-11-31-22-19(24-16(4)26)21(29)20(28)17(13-25)32-22/h5,10,14-15,17,19-22,25,28-29H,6-9,11-13H2,1-4H3,(H,23,27)(H,24,26). The molecule has 0 bridgehead atoms. The molecule has 32 heavy (non-hydrogen) atoms. The van der Waals surface area contributed by atoms with Gasteiger partial charge in [-0.1, -0.05) is 12.5 Å². The summed E-state index contributed by atoms with van der Waals surface area (Å²) in [7, 11) is 0. The zero-order valence-electron chi connectivity index (χ0n) is 19.5. The fraction of sp³-hybridized carbons (Fsp3) is 0.818. The third-order valence-electron chi connectivity index (χ3n) is 5.12. The summed E-state index contributed by atoms with van der Waals surface area (Å²) >= 11 is 0. The molecule has 1 saturated heterocycles. The van der Waals surface area contributed by atoms with Crippen molar-refractivity contribution in [3.63, 3.8) is 0 Å². The van der Waals surface area contributed by atoms with E-state index in [0.717, 1.165) is 12.8 Å². The van der Waals surface area contributed by atoms with Crippen LogP contribution in [-0.4, -0.2) is 83.1 Å². The molecule has 0 aromatic rings. The first kappa shape index (κ1) is 28.3. The van der Waals surface area contributed by atoms with Crippen LogP contribution in [0.1, 0.15) is 59.8 Å². The monoisotopic (exact) mass is 460 g/mol. The van der Waals surface area contributed by atoms with Crippen molar-refractivity contribution in [1.29, 1.82) is 0 Å². The van der Waals surface area contributed by atoms with E-state index in [0.29, 0.717) is 19.3 Å². The Morgan fingerprint density at radius 1 is 1.16 bits per heavy atom. The van der Waals surface area contributed by atoms with E-state index in [1.165, 1.54) is 6.92 Å². The van der Waals surface area contributed by atoms with Crippen LogP contribution in [-0.2, 0) is 23.8 Å². The lowest BCUT2D eigenvalue weighted by molar-refractivity contribution is -0.270. The molecule has 0 spiro atoms. The highest BCUT2D eigenvalue weighted by atomic mass is 16.7. The van der Waals surface area contributed by atoms with Crippen LogP contribution in [0.5, 0.6) is 0 Å². The van der Waals surface area contributed by atoms with Gasteiger partial charge in [-0.25, -0.2) is 0 Å². The van der Waals surface area contributed by atoms with Gasteiger partial charge in [0, 0.05) is 32.4 Å². The van der Waals surface area contributed by atoms with E-state index in [9.17, 15) is 24.9 Å². The smallest absolute Gasteiger partial charge is 0.220 e. The minimum Gasteiger partial charge on any atom is -0.499 e. The first-order valence-corrected chi connectivity index (χ1v) is 11.3. The summed E-state index contributed by atoms with van der Waals surface area (Å²) in [6.45, 7) is 6.86. The van der Waals surface area contributed by atoms with Crippen LogP contribution in [0.3, 0.4) is 0 Å². The Labute approximate surface area is 190 Å². The number of aliphatic hydroxyl groups is 3. The van der Waals surface area contributed by atoms with Gasteiger partial charge in [0.15, 0.2) is 6.29 Å². The number of allylic oxidation sites excluding steroid dienone is 1. The molecule has 5 N–H and O–H groups in total. The number of carbonyl (C=O) groups excluding carboxylic acids is 2. The van der Waals surface area contributed by atoms with Crippen molar-refractivity contribution in [2.24, 2.45) is 0 Å². The molecule has 0 aromatic heterocycles. The summed E-state index contributed by atoms with van der Waals surface area (Å²) in [5.74, 6) is -0.412. The van der Waals surface area contributed by atoms with E-state index in [1.807, 2.05) is 26.8 Å². The second kappa shape index (κ2) is 15.2. The average Bonchev–Trinajstić information content (AvgIpc) is 2.73. The molecule has 0 aromatic carbocycles. The van der Waals surface area contributed by atoms with Crippen molar-refractivity contribution in [1.82, 2.24) is 10.6 Å². The van der Waals surface area contributed by atoms with Gasteiger partial charge in [-0.15, -0.1) is 0 Å². The van der Waals surface area contributed by atoms with Crippen molar-refractivity contribution < 1.29 is 39.1 Å². The summed E-state index contributed by atoms with van der Waals surface area (Å²) in [6, 6.07) is -0.932. The number of hydrogen-bond donors (Lipinski definition) is 5. The Bertz CT molecular complexity index is 588. The van der Waals surface area contributed by atoms with E-state index < -0.39 is 43.2 Å². The minimum absolute atomic E-state index is 0.0131. The van der Waals surface area contributed by atoms with Crippen LogP contribution >= 0.6 is 0 Å². The van der Waals surface area contributed by atoms with Gasteiger partial charge in [-0.2, -0.15) is 0 Å². The van der Waals surface area contributed by atoms with E-state index in [2.05, 4.69) is 10.6 Å². The molecule has 1 fully saturated rings. The lowest BCUT2D eigenvalue weighted by Crippen LogP contribution is -2.64. The highest BCUT2D eigenvalue weighted by Crippen LogP contribution is 2.22. The van der Waals surface area contributed by atoms with E-state index in [-0.39, 0.29) is 24.7 Å². The highest BCUT2D eigenvalue weighted by Gasteiger charge is 2.45. The van der Waals surface area contributed by atoms with Crippen molar-refractivity contribution in [3.05, 3.63) is 12.3 Å². The van der Waals surface area contributed by atoms with Crippen molar-refractivity contribution in [2.45, 2.75) is 103 Å². The molecular formula is C22H40N2O8. The average molecular weight is 461 g/mol. The van der Waals surface area contributed by atoms with E-state index in [4.69, 9.17) is 14.2 Å². The predicted octanol–water partition coefficient (Wildman–Crippen LogP) is 0.341. The number of carbonyl (C=O) groups is 2. The quantitative estimate of drug-likeness (QED) is 0.184. The lowest BCUT2D eigenvalue weighted by atomic mass is 9.97. The Morgan fingerprint density at radius 2 is 1.88 bits per heavy atom. The van der Waals surface area contributed by atoms with Gasteiger partial charge in [-0.05, 0) is 33.6 Å². The Morgan fingerprint density at radius 3 is 2.50 bits per heavy atom. The molecule has 1 aliphatic heterocycles. The normalized spacial score (nSPS) is 27.7. The minimum atomic E-state index is -1.34. The molecule has 1 heterocycles. The zero-order chi connectivity index (χ0) is 24.1. The number of hydrogen-bond acceptors (Lipinski definition) is 8. The van der Waals surface area contributed by atoms with Crippen LogP contribution in [0.15, 0.2) is 12.3 Å². The maximum absolute atomic E-state index is 12.1. The summed E-state index contributed by atoms with van der Waals surface area (Å²) in [5, 5.41) is 35.0. The molecule has 186 valence electrons. The van der Waals surface area contributed by atoms with Gasteiger partial charge in [0.05, 0.1) is 19.0 Å². The largest absolute Gasteiger partial charge is 0.499 e. The summed E-state index contributed by atoms with van der Waals surface area (Å²) in [6.07, 6.45) is 2.02. The van der Waals surface area contributed by atoms with Gasteiger partial charge in [-0.3, -0.25) is 9.59 Å². The highest BCUT2D eigenvalue weighted by molar-refractivity contribution is 5.76. The summed E-state index contributed by atoms with van der Waals surface area (Å²) in [5.41, 5.74) is 0. The molecule has 10 heteroatoms. The van der Waals surface area contributed by atoms with E-state index in [1.54, 1.807) is 6.26 Å². The molecule has 7 atom stereocenters. The Balaban J connectivity index is 2.30. The van der Waals surface area contributed by atoms with Gasteiger partial charge in [0.1, 0.15) is 24.4 Å². The maximum atomic E-state index is 12.1. The molecule has 7 unspecified atom stereocenters.